The number of ketones is 1. The molecule has 2 atom stereocenters. The quantitative estimate of drug-likeness (QED) is 0.747. The van der Waals surface area contributed by atoms with Gasteiger partial charge in [-0.15, -0.1) is 0 Å². The van der Waals surface area contributed by atoms with Gasteiger partial charge < -0.3 is 4.74 Å². The Morgan fingerprint density at radius 1 is 1.21 bits per heavy atom. The van der Waals surface area contributed by atoms with Crippen molar-refractivity contribution in [1.82, 2.24) is 0 Å². The van der Waals surface area contributed by atoms with Crippen LogP contribution in [-0.2, 0) is 0 Å². The molecular weight excluding hydrogens is 260 g/mol. The minimum absolute atomic E-state index is 0.0172. The van der Waals surface area contributed by atoms with Crippen molar-refractivity contribution in [2.75, 3.05) is 0 Å². The normalized spacial score (nSPS) is 27.1. The summed E-state index contributed by atoms with van der Waals surface area (Å²) in [5.41, 5.74) is 0.555. The van der Waals surface area contributed by atoms with E-state index in [2.05, 4.69) is 13.8 Å². The number of rotatable bonds is 3. The summed E-state index contributed by atoms with van der Waals surface area (Å²) in [6.07, 6.45) is 3.73. The van der Waals surface area contributed by atoms with Crippen LogP contribution in [0.1, 0.15) is 50.4 Å². The summed E-state index contributed by atoms with van der Waals surface area (Å²) in [5.74, 6) is 2.17. The van der Waals surface area contributed by atoms with Crippen LogP contribution in [0.5, 0.6) is 5.75 Å². The van der Waals surface area contributed by atoms with E-state index in [0.717, 1.165) is 18.6 Å². The lowest BCUT2D eigenvalue weighted by molar-refractivity contribution is 0.101. The van der Waals surface area contributed by atoms with Crippen LogP contribution in [-0.4, -0.2) is 11.9 Å². The maximum absolute atomic E-state index is 11.3. The molecule has 0 saturated heterocycles. The summed E-state index contributed by atoms with van der Waals surface area (Å²) in [4.78, 5) is 11.3. The van der Waals surface area contributed by atoms with Crippen molar-refractivity contribution in [3.05, 3.63) is 28.8 Å². The molecule has 0 radical (unpaired) electrons. The fraction of sp³-hybridized carbons (Fsp3) is 0.562. The van der Waals surface area contributed by atoms with Crippen molar-refractivity contribution in [2.24, 2.45) is 11.8 Å². The second-order valence-electron chi connectivity index (χ2n) is 5.86. The third kappa shape index (κ3) is 3.73. The standard InChI is InChI=1S/C16H21ClO2/c1-10-6-11(2)8-14(7-10)19-13-4-5-15(12(3)18)16(17)9-13/h4-5,9-11,14H,6-8H2,1-3H3. The lowest BCUT2D eigenvalue weighted by Crippen LogP contribution is -2.28. The summed E-state index contributed by atoms with van der Waals surface area (Å²) < 4.78 is 6.02. The molecule has 0 N–H and O–H groups in total. The van der Waals surface area contributed by atoms with E-state index in [1.165, 1.54) is 13.3 Å². The minimum atomic E-state index is -0.0172. The highest BCUT2D eigenvalue weighted by Gasteiger charge is 2.25. The second kappa shape index (κ2) is 5.96. The molecule has 2 unspecified atom stereocenters. The molecule has 1 aromatic carbocycles. The van der Waals surface area contributed by atoms with E-state index in [1.807, 2.05) is 6.07 Å². The first-order chi connectivity index (χ1) is 8.95. The molecule has 1 saturated carbocycles. The number of hydrogen-bond acceptors (Lipinski definition) is 2. The van der Waals surface area contributed by atoms with Gasteiger partial charge in [-0.1, -0.05) is 25.4 Å². The molecule has 1 aromatic rings. The number of halogens is 1. The van der Waals surface area contributed by atoms with Gasteiger partial charge in [0.1, 0.15) is 5.75 Å². The van der Waals surface area contributed by atoms with Crippen molar-refractivity contribution < 1.29 is 9.53 Å². The number of Topliss-reactive ketones (excluding diaryl/α,β-unsaturated/α-hetero) is 1. The maximum Gasteiger partial charge on any atom is 0.161 e. The minimum Gasteiger partial charge on any atom is -0.490 e. The van der Waals surface area contributed by atoms with Gasteiger partial charge in [0.05, 0.1) is 11.1 Å². The van der Waals surface area contributed by atoms with E-state index < -0.39 is 0 Å². The molecule has 0 bridgehead atoms. The Kier molecular flexibility index (Phi) is 4.51. The fourth-order valence-electron chi connectivity index (χ4n) is 3.02. The Morgan fingerprint density at radius 3 is 2.37 bits per heavy atom. The Balaban J connectivity index is 2.07. The van der Waals surface area contributed by atoms with E-state index in [-0.39, 0.29) is 11.9 Å². The summed E-state index contributed by atoms with van der Waals surface area (Å²) in [5, 5.41) is 0.474. The van der Waals surface area contributed by atoms with Gasteiger partial charge >= 0.3 is 0 Å². The van der Waals surface area contributed by atoms with Gasteiger partial charge in [-0.05, 0) is 56.2 Å². The van der Waals surface area contributed by atoms with Crippen LogP contribution in [0.3, 0.4) is 0 Å². The molecule has 0 spiro atoms. The highest BCUT2D eigenvalue weighted by Crippen LogP contribution is 2.32. The van der Waals surface area contributed by atoms with E-state index >= 15 is 0 Å². The first-order valence-corrected chi connectivity index (χ1v) is 7.30. The highest BCUT2D eigenvalue weighted by molar-refractivity contribution is 6.34. The summed E-state index contributed by atoms with van der Waals surface area (Å²) in [6, 6.07) is 5.34. The first kappa shape index (κ1) is 14.4. The van der Waals surface area contributed by atoms with Crippen molar-refractivity contribution in [3.63, 3.8) is 0 Å². The lowest BCUT2D eigenvalue weighted by atomic mass is 9.82. The SMILES string of the molecule is CC(=O)c1ccc(OC2CC(C)CC(C)C2)cc1Cl. The smallest absolute Gasteiger partial charge is 0.161 e. The van der Waals surface area contributed by atoms with E-state index in [4.69, 9.17) is 16.3 Å². The van der Waals surface area contributed by atoms with Gasteiger partial charge in [-0.2, -0.15) is 0 Å². The number of benzene rings is 1. The molecule has 0 heterocycles. The highest BCUT2D eigenvalue weighted by atomic mass is 35.5. The van der Waals surface area contributed by atoms with Crippen molar-refractivity contribution >= 4 is 17.4 Å². The average molecular weight is 281 g/mol. The molecule has 2 nitrogen and oxygen atoms in total. The monoisotopic (exact) mass is 280 g/mol. The molecule has 0 amide bonds. The number of ether oxygens (including phenoxy) is 1. The number of hydrogen-bond donors (Lipinski definition) is 0. The van der Waals surface area contributed by atoms with Crippen molar-refractivity contribution in [1.29, 1.82) is 0 Å². The Bertz CT molecular complexity index is 460. The van der Waals surface area contributed by atoms with Gasteiger partial charge in [0.2, 0.25) is 0 Å². The predicted molar refractivity (Wildman–Crippen MR) is 78.1 cm³/mol. The topological polar surface area (TPSA) is 26.3 Å². The van der Waals surface area contributed by atoms with E-state index in [1.54, 1.807) is 12.1 Å². The summed E-state index contributed by atoms with van der Waals surface area (Å²) in [6.45, 7) is 6.07. The van der Waals surface area contributed by atoms with Crippen LogP contribution < -0.4 is 4.74 Å². The molecular formula is C16H21ClO2. The predicted octanol–water partition coefficient (Wildman–Crippen LogP) is 4.75. The Hall–Kier alpha value is -1.02. The van der Waals surface area contributed by atoms with Gasteiger partial charge in [0.25, 0.3) is 0 Å². The van der Waals surface area contributed by atoms with Crippen LogP contribution in [0.2, 0.25) is 5.02 Å². The number of carbonyl (C=O) groups is 1. The molecule has 1 aliphatic carbocycles. The van der Waals surface area contributed by atoms with E-state index in [9.17, 15) is 4.79 Å². The first-order valence-electron chi connectivity index (χ1n) is 6.93. The summed E-state index contributed by atoms with van der Waals surface area (Å²) in [7, 11) is 0. The lowest BCUT2D eigenvalue weighted by Gasteiger charge is -2.31. The maximum atomic E-state index is 11.3. The second-order valence-corrected chi connectivity index (χ2v) is 6.26. The van der Waals surface area contributed by atoms with Crippen LogP contribution in [0.4, 0.5) is 0 Å². The fourth-order valence-corrected chi connectivity index (χ4v) is 3.32. The zero-order valence-corrected chi connectivity index (χ0v) is 12.5. The molecule has 104 valence electrons. The van der Waals surface area contributed by atoms with Crippen molar-refractivity contribution in [2.45, 2.75) is 46.1 Å². The average Bonchev–Trinajstić information content (AvgIpc) is 2.26. The molecule has 1 fully saturated rings. The largest absolute Gasteiger partial charge is 0.490 e. The van der Waals surface area contributed by atoms with E-state index in [0.29, 0.717) is 22.4 Å². The third-order valence-corrected chi connectivity index (χ3v) is 4.07. The Labute approximate surface area is 120 Å². The van der Waals surface area contributed by atoms with Crippen LogP contribution in [0, 0.1) is 11.8 Å². The zero-order valence-electron chi connectivity index (χ0n) is 11.8. The van der Waals surface area contributed by atoms with Crippen molar-refractivity contribution in [3.8, 4) is 5.75 Å². The van der Waals surface area contributed by atoms with Gasteiger partial charge in [0, 0.05) is 5.56 Å². The summed E-state index contributed by atoms with van der Waals surface area (Å²) >= 11 is 6.10. The zero-order chi connectivity index (χ0) is 14.0. The van der Waals surface area contributed by atoms with Crippen LogP contribution in [0.15, 0.2) is 18.2 Å². The Morgan fingerprint density at radius 2 is 1.84 bits per heavy atom. The molecule has 0 aliphatic heterocycles. The van der Waals surface area contributed by atoms with Crippen LogP contribution >= 0.6 is 11.6 Å². The number of carbonyl (C=O) groups excluding carboxylic acids is 1. The molecule has 0 aromatic heterocycles. The molecule has 3 heteroatoms. The van der Waals surface area contributed by atoms with Gasteiger partial charge in [0.15, 0.2) is 5.78 Å². The molecule has 2 rings (SSSR count). The van der Waals surface area contributed by atoms with Crippen LogP contribution in [0.25, 0.3) is 0 Å². The molecule has 1 aliphatic rings. The van der Waals surface area contributed by atoms with Gasteiger partial charge in [-0.25, -0.2) is 0 Å². The molecule has 19 heavy (non-hydrogen) atoms. The third-order valence-electron chi connectivity index (χ3n) is 3.76. The van der Waals surface area contributed by atoms with Gasteiger partial charge in [-0.3, -0.25) is 4.79 Å².